The Balaban J connectivity index is 1.91. The highest BCUT2D eigenvalue weighted by molar-refractivity contribution is 6.36. The van der Waals surface area contributed by atoms with Crippen molar-refractivity contribution in [1.29, 1.82) is 0 Å². The van der Waals surface area contributed by atoms with Crippen LogP contribution in [0.1, 0.15) is 40.0 Å². The fraction of sp³-hybridized carbons (Fsp3) is 0.529. The molecule has 2 bridgehead atoms. The Morgan fingerprint density at radius 1 is 1.12 bits per heavy atom. The van der Waals surface area contributed by atoms with E-state index in [1.807, 2.05) is 0 Å². The van der Waals surface area contributed by atoms with E-state index in [9.17, 15) is 14.4 Å². The highest BCUT2D eigenvalue weighted by atomic mass is 35.5. The lowest BCUT2D eigenvalue weighted by molar-refractivity contribution is -0.163. The largest absolute Gasteiger partial charge is 0.309 e. The molecule has 1 saturated carbocycles. The van der Waals surface area contributed by atoms with Crippen LogP contribution < -0.4 is 10.6 Å². The Morgan fingerprint density at radius 3 is 2.20 bits per heavy atom. The minimum Gasteiger partial charge on any atom is -0.309 e. The number of nitrogens with one attached hydrogen (secondary N) is 2. The third-order valence-corrected chi connectivity index (χ3v) is 5.75. The zero-order chi connectivity index (χ0) is 18.6. The maximum Gasteiger partial charge on any atom is 0.232 e. The van der Waals surface area contributed by atoms with E-state index in [4.69, 9.17) is 23.2 Å². The molecule has 2 fully saturated rings. The molecule has 2 N–H and O–H groups in total. The zero-order valence-electron chi connectivity index (χ0n) is 14.2. The first kappa shape index (κ1) is 18.1. The lowest BCUT2D eigenvalue weighted by Gasteiger charge is -2.53. The summed E-state index contributed by atoms with van der Waals surface area (Å²) in [6.07, 6.45) is 2.51. The average molecular weight is 384 g/mol. The van der Waals surface area contributed by atoms with E-state index in [0.29, 0.717) is 24.3 Å². The van der Waals surface area contributed by atoms with Gasteiger partial charge in [0.15, 0.2) is 5.82 Å². The fourth-order valence-corrected chi connectivity index (χ4v) is 4.85. The van der Waals surface area contributed by atoms with Crippen LogP contribution in [-0.4, -0.2) is 22.7 Å². The predicted octanol–water partition coefficient (Wildman–Crippen LogP) is 3.19. The van der Waals surface area contributed by atoms with Gasteiger partial charge in [-0.05, 0) is 25.3 Å². The minimum absolute atomic E-state index is 0.208. The Labute approximate surface area is 155 Å². The lowest BCUT2D eigenvalue weighted by atomic mass is 9.52. The SMILES string of the molecule is CC12CC(C)(CC(C)(C(=O)Nc3ncc(Cl)cc3Cl)C1)C(=O)NC2=O. The van der Waals surface area contributed by atoms with Gasteiger partial charge in [-0.3, -0.25) is 19.7 Å². The quantitative estimate of drug-likeness (QED) is 0.767. The molecule has 8 heteroatoms. The van der Waals surface area contributed by atoms with Crippen LogP contribution in [0.5, 0.6) is 0 Å². The van der Waals surface area contributed by atoms with Gasteiger partial charge in [0.1, 0.15) is 0 Å². The maximum atomic E-state index is 13.0. The van der Waals surface area contributed by atoms with Crippen molar-refractivity contribution >= 4 is 46.7 Å². The first-order valence-electron chi connectivity index (χ1n) is 7.96. The van der Waals surface area contributed by atoms with E-state index in [1.54, 1.807) is 20.8 Å². The Hall–Kier alpha value is -1.66. The van der Waals surface area contributed by atoms with Crippen LogP contribution in [0.2, 0.25) is 10.0 Å². The monoisotopic (exact) mass is 383 g/mol. The molecule has 0 radical (unpaired) electrons. The molecule has 0 spiro atoms. The number of hydrogen-bond acceptors (Lipinski definition) is 4. The first-order valence-corrected chi connectivity index (χ1v) is 8.72. The number of aromatic nitrogens is 1. The first-order chi connectivity index (χ1) is 11.5. The van der Waals surface area contributed by atoms with E-state index >= 15 is 0 Å². The summed E-state index contributed by atoms with van der Waals surface area (Å²) in [6.45, 7) is 5.37. The molecule has 2 aliphatic rings. The van der Waals surface area contributed by atoms with Crippen molar-refractivity contribution in [3.05, 3.63) is 22.3 Å². The third-order valence-electron chi connectivity index (χ3n) is 5.25. The van der Waals surface area contributed by atoms with E-state index in [1.165, 1.54) is 12.3 Å². The van der Waals surface area contributed by atoms with Gasteiger partial charge in [-0.15, -0.1) is 0 Å². The van der Waals surface area contributed by atoms with Gasteiger partial charge in [0.2, 0.25) is 17.7 Å². The van der Waals surface area contributed by atoms with Gasteiger partial charge in [-0.2, -0.15) is 0 Å². The molecule has 2 heterocycles. The fourth-order valence-electron chi connectivity index (χ4n) is 4.42. The van der Waals surface area contributed by atoms with Crippen molar-refractivity contribution in [3.8, 4) is 0 Å². The molecule has 1 aromatic rings. The van der Waals surface area contributed by atoms with Gasteiger partial charge in [-0.1, -0.05) is 44.0 Å². The summed E-state index contributed by atoms with van der Waals surface area (Å²) >= 11 is 11.9. The van der Waals surface area contributed by atoms with Crippen LogP contribution >= 0.6 is 23.2 Å². The molecule has 1 aliphatic heterocycles. The Morgan fingerprint density at radius 2 is 1.68 bits per heavy atom. The molecule has 6 nitrogen and oxygen atoms in total. The molecule has 2 atom stereocenters. The Kier molecular flexibility index (Phi) is 4.12. The van der Waals surface area contributed by atoms with Gasteiger partial charge in [0, 0.05) is 22.4 Å². The standard InChI is InChI=1S/C17H19Cl2N3O3/c1-15(12(23)21-11-10(19)4-9(18)5-20-11)6-16(2)8-17(3,7-15)14(25)22-13(16)24/h4-5H,6-8H2,1-3H3,(H,20,21,23)(H,22,24,25). The van der Waals surface area contributed by atoms with E-state index in [0.717, 1.165) is 0 Å². The number of anilines is 1. The number of nitrogens with zero attached hydrogens (tertiary/aromatic N) is 1. The lowest BCUT2D eigenvalue weighted by Crippen LogP contribution is -2.63. The van der Waals surface area contributed by atoms with Crippen LogP contribution in [0.25, 0.3) is 0 Å². The van der Waals surface area contributed by atoms with Gasteiger partial charge in [0.25, 0.3) is 0 Å². The number of hydrogen-bond donors (Lipinski definition) is 2. The highest BCUT2D eigenvalue weighted by Gasteiger charge is 2.60. The molecule has 1 aliphatic carbocycles. The van der Waals surface area contributed by atoms with Crippen LogP contribution in [0.4, 0.5) is 5.82 Å². The van der Waals surface area contributed by atoms with Crippen molar-refractivity contribution in [2.24, 2.45) is 16.2 Å². The normalized spacial score (nSPS) is 34.4. The second kappa shape index (κ2) is 5.68. The summed E-state index contributed by atoms with van der Waals surface area (Å²) < 4.78 is 0. The summed E-state index contributed by atoms with van der Waals surface area (Å²) in [6, 6.07) is 1.49. The summed E-state index contributed by atoms with van der Waals surface area (Å²) in [5, 5.41) is 5.76. The topological polar surface area (TPSA) is 88.2 Å². The molecule has 134 valence electrons. The summed E-state index contributed by atoms with van der Waals surface area (Å²) in [5.41, 5.74) is -2.45. The van der Waals surface area contributed by atoms with Crippen LogP contribution in [-0.2, 0) is 14.4 Å². The smallest absolute Gasteiger partial charge is 0.232 e. The zero-order valence-corrected chi connectivity index (χ0v) is 15.7. The van der Waals surface area contributed by atoms with Crippen LogP contribution in [0.3, 0.4) is 0 Å². The van der Waals surface area contributed by atoms with Gasteiger partial charge in [0.05, 0.1) is 10.0 Å². The summed E-state index contributed by atoms with van der Waals surface area (Å²) in [5.74, 6) is -0.754. The summed E-state index contributed by atoms with van der Waals surface area (Å²) in [4.78, 5) is 41.7. The second-order valence-corrected chi connectivity index (χ2v) is 8.78. The molecular formula is C17H19Cl2N3O3. The number of pyridine rings is 1. The molecular weight excluding hydrogens is 365 g/mol. The van der Waals surface area contributed by atoms with E-state index in [-0.39, 0.29) is 28.6 Å². The predicted molar refractivity (Wildman–Crippen MR) is 94.2 cm³/mol. The number of halogens is 2. The van der Waals surface area contributed by atoms with Crippen LogP contribution in [0.15, 0.2) is 12.3 Å². The van der Waals surface area contributed by atoms with Crippen molar-refractivity contribution in [2.75, 3.05) is 5.32 Å². The van der Waals surface area contributed by atoms with Gasteiger partial charge in [-0.25, -0.2) is 4.98 Å². The average Bonchev–Trinajstić information content (AvgIpc) is 2.47. The molecule has 2 unspecified atom stereocenters. The molecule has 0 aromatic carbocycles. The van der Waals surface area contributed by atoms with Crippen molar-refractivity contribution in [3.63, 3.8) is 0 Å². The van der Waals surface area contributed by atoms with Crippen molar-refractivity contribution in [2.45, 2.75) is 40.0 Å². The van der Waals surface area contributed by atoms with Crippen molar-refractivity contribution in [1.82, 2.24) is 10.3 Å². The Bertz CT molecular complexity index is 769. The number of amides is 3. The third kappa shape index (κ3) is 3.02. The molecule has 25 heavy (non-hydrogen) atoms. The van der Waals surface area contributed by atoms with E-state index < -0.39 is 16.2 Å². The maximum absolute atomic E-state index is 13.0. The van der Waals surface area contributed by atoms with Gasteiger partial charge < -0.3 is 5.32 Å². The molecule has 1 aromatic heterocycles. The number of carbonyl (C=O) groups excluding carboxylic acids is 3. The minimum atomic E-state index is -0.903. The summed E-state index contributed by atoms with van der Waals surface area (Å²) in [7, 11) is 0. The van der Waals surface area contributed by atoms with Crippen molar-refractivity contribution < 1.29 is 14.4 Å². The molecule has 3 amide bonds. The molecule has 3 rings (SSSR count). The van der Waals surface area contributed by atoms with Crippen LogP contribution in [0, 0.1) is 16.2 Å². The van der Waals surface area contributed by atoms with Gasteiger partial charge >= 0.3 is 0 Å². The van der Waals surface area contributed by atoms with E-state index in [2.05, 4.69) is 15.6 Å². The highest BCUT2D eigenvalue weighted by Crippen LogP contribution is 2.56. The number of imide groups is 1. The number of carbonyl (C=O) groups is 3. The number of fused-ring (bicyclic) bond motifs is 2. The number of rotatable bonds is 2. The number of piperidine rings is 1. The second-order valence-electron chi connectivity index (χ2n) is 7.93. The molecule has 1 saturated heterocycles.